The van der Waals surface area contributed by atoms with Crippen molar-refractivity contribution in [3.63, 3.8) is 0 Å². The molecular formula is C11H12N2O2. The van der Waals surface area contributed by atoms with Gasteiger partial charge in [-0.1, -0.05) is 0 Å². The fourth-order valence-corrected chi connectivity index (χ4v) is 1.54. The van der Waals surface area contributed by atoms with Gasteiger partial charge in [0.15, 0.2) is 0 Å². The Bertz CT molecular complexity index is 412. The van der Waals surface area contributed by atoms with Crippen LogP contribution in [0.2, 0.25) is 0 Å². The van der Waals surface area contributed by atoms with Gasteiger partial charge in [-0.25, -0.2) is 0 Å². The van der Waals surface area contributed by atoms with Crippen LogP contribution < -0.4 is 14.4 Å². The molecule has 1 heterocycles. The highest BCUT2D eigenvalue weighted by atomic mass is 16.5. The van der Waals surface area contributed by atoms with E-state index in [1.165, 1.54) is 0 Å². The first kappa shape index (κ1) is 9.66. The van der Waals surface area contributed by atoms with Crippen molar-refractivity contribution >= 4 is 5.69 Å². The van der Waals surface area contributed by atoms with Gasteiger partial charge in [0.1, 0.15) is 17.5 Å². The molecule has 1 fully saturated rings. The zero-order chi connectivity index (χ0) is 10.8. The largest absolute Gasteiger partial charge is 0.497 e. The van der Waals surface area contributed by atoms with Gasteiger partial charge < -0.3 is 14.4 Å². The van der Waals surface area contributed by atoms with Gasteiger partial charge in [-0.2, -0.15) is 5.26 Å². The van der Waals surface area contributed by atoms with Gasteiger partial charge in [-0.05, 0) is 12.1 Å². The number of hydrogen-bond acceptors (Lipinski definition) is 4. The van der Waals surface area contributed by atoms with Gasteiger partial charge in [0.2, 0.25) is 0 Å². The number of benzene rings is 1. The van der Waals surface area contributed by atoms with Crippen molar-refractivity contribution in [1.82, 2.24) is 0 Å². The van der Waals surface area contributed by atoms with Crippen LogP contribution in [0.4, 0.5) is 5.69 Å². The fraction of sp³-hybridized carbons (Fsp3) is 0.364. The minimum Gasteiger partial charge on any atom is -0.497 e. The molecule has 0 aliphatic carbocycles. The van der Waals surface area contributed by atoms with Crippen LogP contribution in [0.25, 0.3) is 0 Å². The second kappa shape index (κ2) is 3.70. The number of anilines is 1. The lowest BCUT2D eigenvalue weighted by molar-refractivity contribution is 0.395. The quantitative estimate of drug-likeness (QED) is 0.698. The summed E-state index contributed by atoms with van der Waals surface area (Å²) in [7, 11) is 3.23. The lowest BCUT2D eigenvalue weighted by atomic mass is 10.2. The highest BCUT2D eigenvalue weighted by Gasteiger charge is 2.36. The Morgan fingerprint density at radius 2 is 2.20 bits per heavy atom. The molecular weight excluding hydrogens is 192 g/mol. The number of nitrogens with zero attached hydrogens (tertiary/aromatic N) is 2. The molecule has 1 aromatic rings. The van der Waals surface area contributed by atoms with Crippen LogP contribution in [-0.2, 0) is 0 Å². The SMILES string of the molecule is COc1ccc(N2CC2C#N)c(OC)c1. The molecule has 1 aromatic carbocycles. The first-order valence-electron chi connectivity index (χ1n) is 4.68. The highest BCUT2D eigenvalue weighted by molar-refractivity contribution is 5.66. The van der Waals surface area contributed by atoms with Crippen molar-refractivity contribution in [3.05, 3.63) is 18.2 Å². The van der Waals surface area contributed by atoms with E-state index in [4.69, 9.17) is 14.7 Å². The molecule has 0 bridgehead atoms. The van der Waals surface area contributed by atoms with Crippen molar-refractivity contribution in [2.45, 2.75) is 6.04 Å². The summed E-state index contributed by atoms with van der Waals surface area (Å²) in [5.74, 6) is 1.50. The van der Waals surface area contributed by atoms with E-state index in [-0.39, 0.29) is 6.04 Å². The predicted octanol–water partition coefficient (Wildman–Crippen LogP) is 1.42. The lowest BCUT2D eigenvalue weighted by Crippen LogP contribution is -1.99. The maximum Gasteiger partial charge on any atom is 0.145 e. The summed E-state index contributed by atoms with van der Waals surface area (Å²) < 4.78 is 10.4. The molecule has 78 valence electrons. The Balaban J connectivity index is 2.29. The Morgan fingerprint density at radius 3 is 2.73 bits per heavy atom. The highest BCUT2D eigenvalue weighted by Crippen LogP contribution is 2.37. The van der Waals surface area contributed by atoms with Crippen molar-refractivity contribution < 1.29 is 9.47 Å². The summed E-state index contributed by atoms with van der Waals surface area (Å²) in [5.41, 5.74) is 0.949. The zero-order valence-electron chi connectivity index (χ0n) is 8.73. The molecule has 2 rings (SSSR count). The van der Waals surface area contributed by atoms with E-state index in [9.17, 15) is 0 Å². The summed E-state index contributed by atoms with van der Waals surface area (Å²) >= 11 is 0. The summed E-state index contributed by atoms with van der Waals surface area (Å²) in [4.78, 5) is 1.98. The molecule has 15 heavy (non-hydrogen) atoms. The smallest absolute Gasteiger partial charge is 0.145 e. The van der Waals surface area contributed by atoms with E-state index in [2.05, 4.69) is 6.07 Å². The number of methoxy groups -OCH3 is 2. The maximum atomic E-state index is 8.74. The standard InChI is InChI=1S/C11H12N2O2/c1-14-9-3-4-10(11(5-9)15-2)13-7-8(13)6-12/h3-5,8H,7H2,1-2H3. The second-order valence-electron chi connectivity index (χ2n) is 3.34. The number of ether oxygens (including phenoxy) is 2. The lowest BCUT2D eigenvalue weighted by Gasteiger charge is -2.11. The Morgan fingerprint density at radius 1 is 1.40 bits per heavy atom. The number of rotatable bonds is 3. The average Bonchev–Trinajstić information content (AvgIpc) is 3.07. The van der Waals surface area contributed by atoms with Crippen LogP contribution in [0.3, 0.4) is 0 Å². The van der Waals surface area contributed by atoms with Gasteiger partial charge in [-0.15, -0.1) is 0 Å². The molecule has 0 amide bonds. The van der Waals surface area contributed by atoms with Crippen LogP contribution >= 0.6 is 0 Å². The topological polar surface area (TPSA) is 45.3 Å². The third kappa shape index (κ3) is 1.68. The molecule has 0 N–H and O–H groups in total. The van der Waals surface area contributed by atoms with E-state index in [0.29, 0.717) is 0 Å². The summed E-state index contributed by atoms with van der Waals surface area (Å²) in [6.07, 6.45) is 0. The van der Waals surface area contributed by atoms with Crippen LogP contribution in [-0.4, -0.2) is 26.8 Å². The van der Waals surface area contributed by atoms with Gasteiger partial charge in [-0.3, -0.25) is 0 Å². The van der Waals surface area contributed by atoms with E-state index < -0.39 is 0 Å². The van der Waals surface area contributed by atoms with Crippen molar-refractivity contribution in [2.75, 3.05) is 25.7 Å². The molecule has 0 spiro atoms. The predicted molar refractivity (Wildman–Crippen MR) is 56.3 cm³/mol. The Hall–Kier alpha value is -1.89. The molecule has 4 heteroatoms. The first-order chi connectivity index (χ1) is 7.30. The molecule has 0 aromatic heterocycles. The first-order valence-corrected chi connectivity index (χ1v) is 4.68. The Labute approximate surface area is 88.6 Å². The van der Waals surface area contributed by atoms with E-state index in [0.717, 1.165) is 23.7 Å². The third-order valence-electron chi connectivity index (χ3n) is 2.46. The van der Waals surface area contributed by atoms with E-state index in [1.807, 2.05) is 23.1 Å². The molecule has 1 aliphatic heterocycles. The van der Waals surface area contributed by atoms with E-state index >= 15 is 0 Å². The Kier molecular flexibility index (Phi) is 2.38. The van der Waals surface area contributed by atoms with Gasteiger partial charge >= 0.3 is 0 Å². The van der Waals surface area contributed by atoms with Crippen molar-refractivity contribution in [1.29, 1.82) is 5.26 Å². The second-order valence-corrected chi connectivity index (χ2v) is 3.34. The minimum atomic E-state index is -0.00713. The minimum absolute atomic E-state index is 0.00713. The molecule has 1 unspecified atom stereocenters. The van der Waals surface area contributed by atoms with Gasteiger partial charge in [0.25, 0.3) is 0 Å². The fourth-order valence-electron chi connectivity index (χ4n) is 1.54. The zero-order valence-corrected chi connectivity index (χ0v) is 8.73. The van der Waals surface area contributed by atoms with Crippen LogP contribution in [0.1, 0.15) is 0 Å². The van der Waals surface area contributed by atoms with Crippen LogP contribution in [0, 0.1) is 11.3 Å². The van der Waals surface area contributed by atoms with Gasteiger partial charge in [0.05, 0.1) is 32.5 Å². The normalized spacial score (nSPS) is 18.2. The van der Waals surface area contributed by atoms with E-state index in [1.54, 1.807) is 14.2 Å². The summed E-state index contributed by atoms with van der Waals surface area (Å²) in [6, 6.07) is 7.80. The summed E-state index contributed by atoms with van der Waals surface area (Å²) in [5, 5.41) is 8.74. The number of hydrogen-bond donors (Lipinski definition) is 0. The van der Waals surface area contributed by atoms with Gasteiger partial charge in [0, 0.05) is 6.07 Å². The molecule has 4 nitrogen and oxygen atoms in total. The molecule has 1 saturated heterocycles. The number of nitriles is 1. The summed E-state index contributed by atoms with van der Waals surface area (Å²) in [6.45, 7) is 0.777. The van der Waals surface area contributed by atoms with Crippen LogP contribution in [0.5, 0.6) is 11.5 Å². The molecule has 1 atom stereocenters. The molecule has 0 radical (unpaired) electrons. The van der Waals surface area contributed by atoms with Crippen molar-refractivity contribution in [2.24, 2.45) is 0 Å². The molecule has 1 aliphatic rings. The third-order valence-corrected chi connectivity index (χ3v) is 2.46. The van der Waals surface area contributed by atoms with Crippen molar-refractivity contribution in [3.8, 4) is 17.6 Å². The monoisotopic (exact) mass is 204 g/mol. The average molecular weight is 204 g/mol. The van der Waals surface area contributed by atoms with Crippen LogP contribution in [0.15, 0.2) is 18.2 Å². The molecule has 0 saturated carbocycles. The maximum absolute atomic E-state index is 8.74.